The molecular weight excluding hydrogens is 206 g/mol. The van der Waals surface area contributed by atoms with Crippen molar-refractivity contribution in [3.63, 3.8) is 0 Å². The maximum Gasteiger partial charge on any atom is 0.323 e. The lowest BCUT2D eigenvalue weighted by atomic mass is 9.90. The van der Waals surface area contributed by atoms with Crippen LogP contribution in [-0.4, -0.2) is 35.0 Å². The molecule has 0 heterocycles. The Labute approximate surface area is 97.6 Å². The van der Waals surface area contributed by atoms with Crippen LogP contribution >= 0.6 is 0 Å². The van der Waals surface area contributed by atoms with Gasteiger partial charge in [0.2, 0.25) is 5.91 Å². The molecule has 0 fully saturated rings. The van der Waals surface area contributed by atoms with Crippen LogP contribution in [0.1, 0.15) is 47.0 Å². The van der Waals surface area contributed by atoms with E-state index in [0.717, 1.165) is 12.8 Å². The van der Waals surface area contributed by atoms with Crippen molar-refractivity contribution in [3.05, 3.63) is 0 Å². The lowest BCUT2D eigenvalue weighted by Crippen LogP contribution is -2.36. The van der Waals surface area contributed by atoms with Crippen LogP contribution < -0.4 is 0 Å². The molecule has 0 aromatic heterocycles. The molecule has 16 heavy (non-hydrogen) atoms. The standard InChI is InChI=1S/C12H23NO3/c1-5-8-13(9-11(15)16)10(14)6-7-12(2,3)4/h5-9H2,1-4H3,(H,15,16). The molecule has 0 aliphatic carbocycles. The number of nitrogens with zero attached hydrogens (tertiary/aromatic N) is 1. The van der Waals surface area contributed by atoms with E-state index in [0.29, 0.717) is 13.0 Å². The lowest BCUT2D eigenvalue weighted by Gasteiger charge is -2.23. The predicted octanol–water partition coefficient (Wildman–Crippen LogP) is 2.14. The Morgan fingerprint density at radius 1 is 1.25 bits per heavy atom. The molecule has 0 saturated heterocycles. The van der Waals surface area contributed by atoms with E-state index in [1.54, 1.807) is 0 Å². The first kappa shape index (κ1) is 14.9. The predicted molar refractivity (Wildman–Crippen MR) is 63.2 cm³/mol. The van der Waals surface area contributed by atoms with Crippen molar-refractivity contribution in [1.82, 2.24) is 4.90 Å². The summed E-state index contributed by atoms with van der Waals surface area (Å²) in [5.74, 6) is -1.00. The van der Waals surface area contributed by atoms with Crippen LogP contribution in [0.2, 0.25) is 0 Å². The number of carbonyl (C=O) groups is 2. The van der Waals surface area contributed by atoms with Crippen molar-refractivity contribution in [1.29, 1.82) is 0 Å². The monoisotopic (exact) mass is 229 g/mol. The van der Waals surface area contributed by atoms with Crippen LogP contribution in [0.4, 0.5) is 0 Å². The Morgan fingerprint density at radius 3 is 2.19 bits per heavy atom. The fraction of sp³-hybridized carbons (Fsp3) is 0.833. The Bertz CT molecular complexity index is 243. The van der Waals surface area contributed by atoms with Gasteiger partial charge in [-0.05, 0) is 18.3 Å². The molecule has 0 radical (unpaired) electrons. The molecule has 0 atom stereocenters. The van der Waals surface area contributed by atoms with Gasteiger partial charge in [0.1, 0.15) is 6.54 Å². The van der Waals surface area contributed by atoms with E-state index in [-0.39, 0.29) is 17.9 Å². The molecule has 1 amide bonds. The van der Waals surface area contributed by atoms with Gasteiger partial charge < -0.3 is 10.0 Å². The molecule has 94 valence electrons. The second kappa shape index (κ2) is 6.51. The van der Waals surface area contributed by atoms with Crippen LogP contribution in [0.5, 0.6) is 0 Å². The van der Waals surface area contributed by atoms with Gasteiger partial charge in [-0.3, -0.25) is 9.59 Å². The summed E-state index contributed by atoms with van der Waals surface area (Å²) in [5.41, 5.74) is 0.108. The van der Waals surface area contributed by atoms with Crippen molar-refractivity contribution >= 4 is 11.9 Å². The van der Waals surface area contributed by atoms with Crippen molar-refractivity contribution in [2.75, 3.05) is 13.1 Å². The Hall–Kier alpha value is -1.06. The van der Waals surface area contributed by atoms with Crippen molar-refractivity contribution < 1.29 is 14.7 Å². The average Bonchev–Trinajstić information content (AvgIpc) is 2.11. The molecule has 0 spiro atoms. The highest BCUT2D eigenvalue weighted by Crippen LogP contribution is 2.21. The second-order valence-corrected chi connectivity index (χ2v) is 5.27. The molecule has 0 saturated carbocycles. The Kier molecular flexibility index (Phi) is 6.08. The van der Waals surface area contributed by atoms with E-state index in [1.165, 1.54) is 4.90 Å². The summed E-state index contributed by atoms with van der Waals surface area (Å²) < 4.78 is 0. The molecule has 0 unspecified atom stereocenters. The summed E-state index contributed by atoms with van der Waals surface area (Å²) in [4.78, 5) is 23.8. The number of rotatable bonds is 6. The van der Waals surface area contributed by atoms with Gasteiger partial charge >= 0.3 is 5.97 Å². The summed E-state index contributed by atoms with van der Waals surface area (Å²) in [6.07, 6.45) is 2.00. The largest absolute Gasteiger partial charge is 0.480 e. The topological polar surface area (TPSA) is 57.6 Å². The molecule has 0 aliphatic rings. The van der Waals surface area contributed by atoms with E-state index in [1.807, 2.05) is 6.92 Å². The first-order chi connectivity index (χ1) is 7.26. The molecule has 4 nitrogen and oxygen atoms in total. The summed E-state index contributed by atoms with van der Waals surface area (Å²) in [6, 6.07) is 0. The highest BCUT2D eigenvalue weighted by atomic mass is 16.4. The molecule has 0 aliphatic heterocycles. The maximum absolute atomic E-state index is 11.8. The smallest absolute Gasteiger partial charge is 0.323 e. The number of carboxylic acid groups (broad SMARTS) is 1. The minimum Gasteiger partial charge on any atom is -0.480 e. The number of carbonyl (C=O) groups excluding carboxylic acids is 1. The Morgan fingerprint density at radius 2 is 1.81 bits per heavy atom. The van der Waals surface area contributed by atoms with Crippen LogP contribution in [0, 0.1) is 5.41 Å². The second-order valence-electron chi connectivity index (χ2n) is 5.27. The average molecular weight is 229 g/mol. The number of aliphatic carboxylic acids is 1. The first-order valence-electron chi connectivity index (χ1n) is 5.76. The number of amides is 1. The van der Waals surface area contributed by atoms with E-state index < -0.39 is 5.97 Å². The third kappa shape index (κ3) is 7.26. The van der Waals surface area contributed by atoms with Crippen LogP contribution in [0.3, 0.4) is 0 Å². The molecular formula is C12H23NO3. The van der Waals surface area contributed by atoms with Crippen LogP contribution in [0.15, 0.2) is 0 Å². The number of carboxylic acids is 1. The normalized spacial score (nSPS) is 11.2. The highest BCUT2D eigenvalue weighted by molar-refractivity contribution is 5.81. The third-order valence-electron chi connectivity index (χ3n) is 2.26. The van der Waals surface area contributed by atoms with Gasteiger partial charge in [0, 0.05) is 13.0 Å². The van der Waals surface area contributed by atoms with Gasteiger partial charge in [-0.15, -0.1) is 0 Å². The summed E-state index contributed by atoms with van der Waals surface area (Å²) >= 11 is 0. The van der Waals surface area contributed by atoms with Crippen molar-refractivity contribution in [2.24, 2.45) is 5.41 Å². The third-order valence-corrected chi connectivity index (χ3v) is 2.26. The zero-order chi connectivity index (χ0) is 12.8. The fourth-order valence-electron chi connectivity index (χ4n) is 1.37. The highest BCUT2D eigenvalue weighted by Gasteiger charge is 2.18. The molecule has 0 bridgehead atoms. The van der Waals surface area contributed by atoms with E-state index >= 15 is 0 Å². The minimum absolute atomic E-state index is 0.0563. The summed E-state index contributed by atoms with van der Waals surface area (Å²) in [7, 11) is 0. The Balaban J connectivity index is 4.22. The van der Waals surface area contributed by atoms with Gasteiger partial charge in [0.25, 0.3) is 0 Å². The molecule has 0 aromatic carbocycles. The molecule has 1 N–H and O–H groups in total. The first-order valence-corrected chi connectivity index (χ1v) is 5.76. The summed E-state index contributed by atoms with van der Waals surface area (Å²) in [6.45, 7) is 8.49. The molecule has 4 heteroatoms. The van der Waals surface area contributed by atoms with E-state index in [9.17, 15) is 9.59 Å². The number of hydrogen-bond acceptors (Lipinski definition) is 2. The van der Waals surface area contributed by atoms with Gasteiger partial charge in [-0.25, -0.2) is 0 Å². The van der Waals surface area contributed by atoms with Crippen LogP contribution in [-0.2, 0) is 9.59 Å². The van der Waals surface area contributed by atoms with Gasteiger partial charge in [0.15, 0.2) is 0 Å². The zero-order valence-electron chi connectivity index (χ0n) is 10.7. The summed E-state index contributed by atoms with van der Waals surface area (Å²) in [5, 5.41) is 8.69. The van der Waals surface area contributed by atoms with Crippen molar-refractivity contribution in [3.8, 4) is 0 Å². The molecule has 0 aromatic rings. The molecule has 0 rings (SSSR count). The van der Waals surface area contributed by atoms with E-state index in [2.05, 4.69) is 20.8 Å². The van der Waals surface area contributed by atoms with Crippen molar-refractivity contribution in [2.45, 2.75) is 47.0 Å². The van der Waals surface area contributed by atoms with Gasteiger partial charge in [-0.1, -0.05) is 27.7 Å². The quantitative estimate of drug-likeness (QED) is 0.759. The zero-order valence-corrected chi connectivity index (χ0v) is 10.7. The van der Waals surface area contributed by atoms with Gasteiger partial charge in [0.05, 0.1) is 0 Å². The minimum atomic E-state index is -0.947. The van der Waals surface area contributed by atoms with Gasteiger partial charge in [-0.2, -0.15) is 0 Å². The van der Waals surface area contributed by atoms with Crippen LogP contribution in [0.25, 0.3) is 0 Å². The number of hydrogen-bond donors (Lipinski definition) is 1. The SMILES string of the molecule is CCCN(CC(=O)O)C(=O)CCC(C)(C)C. The fourth-order valence-corrected chi connectivity index (χ4v) is 1.37. The maximum atomic E-state index is 11.8. The lowest BCUT2D eigenvalue weighted by molar-refractivity contribution is -0.144. The van der Waals surface area contributed by atoms with E-state index in [4.69, 9.17) is 5.11 Å².